The Balaban J connectivity index is 0.949. The second-order valence-electron chi connectivity index (χ2n) is 16.3. The van der Waals surface area contributed by atoms with Gasteiger partial charge in [-0.05, 0) is 64.2 Å². The first-order chi connectivity index (χ1) is 32.4. The fraction of sp³-hybridized carbons (Fsp3) is 0.652. The minimum Gasteiger partial charge on any atom is -0.487 e. The summed E-state index contributed by atoms with van der Waals surface area (Å²) in [6, 6.07) is 8.42. The molecule has 0 amide bonds. The second kappa shape index (κ2) is 28.4. The molecule has 4 aromatic rings. The minimum atomic E-state index is -0.254. The van der Waals surface area contributed by atoms with Crippen LogP contribution in [0.25, 0.3) is 11.1 Å². The Hall–Kier alpha value is -4.82. The van der Waals surface area contributed by atoms with Gasteiger partial charge in [0.2, 0.25) is 5.95 Å². The third-order valence-corrected chi connectivity index (χ3v) is 11.0. The fourth-order valence-corrected chi connectivity index (χ4v) is 7.90. The molecule has 66 heavy (non-hydrogen) atoms. The first-order valence-corrected chi connectivity index (χ1v) is 23.1. The molecule has 362 valence electrons. The third kappa shape index (κ3) is 17.1. The van der Waals surface area contributed by atoms with Crippen LogP contribution in [0.2, 0.25) is 0 Å². The summed E-state index contributed by atoms with van der Waals surface area (Å²) in [7, 11) is 1.65. The quantitative estimate of drug-likeness (QED) is 0.0678. The average Bonchev–Trinajstić information content (AvgIpc) is 3.99. The van der Waals surface area contributed by atoms with E-state index in [1.807, 2.05) is 29.9 Å². The number of nitrogens with one attached hydrogen (secondary N) is 1. The van der Waals surface area contributed by atoms with Gasteiger partial charge in [0.25, 0.3) is 5.88 Å². The van der Waals surface area contributed by atoms with Crippen LogP contribution in [0.5, 0.6) is 11.6 Å². The van der Waals surface area contributed by atoms with E-state index in [9.17, 15) is 5.26 Å². The lowest BCUT2D eigenvalue weighted by Crippen LogP contribution is -2.51. The average molecular weight is 921 g/mol. The SMILES string of the molecule is COCCOCCOCCOCCOCCOCCOCCOc1nn(C2CCC(N3C[C@@H](C)O[C@@H](C)C3)CC2)cc1Nc1ncc(-c2ccc(C#N)c(O[C@@H](C)Cn3cncn3)c2)cn1. The van der Waals surface area contributed by atoms with Crippen molar-refractivity contribution in [3.8, 4) is 28.8 Å². The van der Waals surface area contributed by atoms with E-state index in [4.69, 9.17) is 52.5 Å². The van der Waals surface area contributed by atoms with E-state index in [1.165, 1.54) is 6.33 Å². The van der Waals surface area contributed by atoms with Crippen molar-refractivity contribution in [1.82, 2.24) is 39.4 Å². The van der Waals surface area contributed by atoms with Crippen LogP contribution in [-0.4, -0.2) is 176 Å². The maximum absolute atomic E-state index is 9.77. The van der Waals surface area contributed by atoms with Crippen molar-refractivity contribution in [3.63, 3.8) is 0 Å². The predicted molar refractivity (Wildman–Crippen MR) is 243 cm³/mol. The van der Waals surface area contributed by atoms with Crippen LogP contribution in [0.3, 0.4) is 0 Å². The van der Waals surface area contributed by atoms with Gasteiger partial charge in [-0.25, -0.2) is 19.6 Å². The Bertz CT molecular complexity index is 1970. The molecule has 1 aromatic carbocycles. The van der Waals surface area contributed by atoms with Gasteiger partial charge in [0.15, 0.2) is 0 Å². The van der Waals surface area contributed by atoms with Crippen molar-refractivity contribution in [1.29, 1.82) is 5.26 Å². The molecule has 20 nitrogen and oxygen atoms in total. The van der Waals surface area contributed by atoms with Crippen LogP contribution in [0.15, 0.2) is 49.4 Å². The number of benzene rings is 1. The van der Waals surface area contributed by atoms with E-state index in [0.717, 1.165) is 49.9 Å². The molecule has 0 radical (unpaired) electrons. The molecule has 2 aliphatic rings. The summed E-state index contributed by atoms with van der Waals surface area (Å²) in [5.74, 6) is 1.31. The van der Waals surface area contributed by atoms with Gasteiger partial charge in [-0.3, -0.25) is 9.58 Å². The van der Waals surface area contributed by atoms with E-state index in [2.05, 4.69) is 50.2 Å². The lowest BCUT2D eigenvalue weighted by Gasteiger charge is -2.42. The molecule has 20 heteroatoms. The Morgan fingerprint density at radius 3 is 1.91 bits per heavy atom. The largest absolute Gasteiger partial charge is 0.487 e. The monoisotopic (exact) mass is 921 g/mol. The number of morpholine rings is 1. The van der Waals surface area contributed by atoms with Crippen LogP contribution in [-0.2, 0) is 44.4 Å². The minimum absolute atomic E-state index is 0.233. The van der Waals surface area contributed by atoms with Crippen LogP contribution >= 0.6 is 0 Å². The number of ether oxygens (including phenoxy) is 10. The van der Waals surface area contributed by atoms with Gasteiger partial charge in [-0.2, -0.15) is 10.4 Å². The van der Waals surface area contributed by atoms with Crippen molar-refractivity contribution < 1.29 is 47.4 Å². The van der Waals surface area contributed by atoms with Crippen molar-refractivity contribution in [2.75, 3.05) is 118 Å². The second-order valence-corrected chi connectivity index (χ2v) is 16.3. The van der Waals surface area contributed by atoms with E-state index >= 15 is 0 Å². The predicted octanol–water partition coefficient (Wildman–Crippen LogP) is 4.73. The topological polar surface area (TPSA) is 206 Å². The lowest BCUT2D eigenvalue weighted by atomic mass is 9.89. The van der Waals surface area contributed by atoms with Crippen LogP contribution in [0.4, 0.5) is 11.6 Å². The Morgan fingerprint density at radius 2 is 1.35 bits per heavy atom. The maximum atomic E-state index is 9.77. The number of hydrogen-bond donors (Lipinski definition) is 1. The smallest absolute Gasteiger partial charge is 0.257 e. The van der Waals surface area contributed by atoms with Crippen molar-refractivity contribution in [3.05, 3.63) is 55.0 Å². The van der Waals surface area contributed by atoms with Crippen molar-refractivity contribution in [2.24, 2.45) is 0 Å². The number of nitrogens with zero attached hydrogens (tertiary/aromatic N) is 9. The zero-order chi connectivity index (χ0) is 46.2. The summed E-state index contributed by atoms with van der Waals surface area (Å²) < 4.78 is 60.4. The Kier molecular flexibility index (Phi) is 21.8. The zero-order valence-electron chi connectivity index (χ0n) is 39.0. The van der Waals surface area contributed by atoms with E-state index < -0.39 is 0 Å². The zero-order valence-corrected chi connectivity index (χ0v) is 39.0. The molecule has 1 aliphatic heterocycles. The molecule has 1 N–H and O–H groups in total. The molecule has 0 bridgehead atoms. The summed E-state index contributed by atoms with van der Waals surface area (Å²) in [6.45, 7) is 15.3. The van der Waals surface area contributed by atoms with E-state index in [-0.39, 0.29) is 24.4 Å². The molecule has 0 spiro atoms. The normalized spacial score (nSPS) is 19.4. The van der Waals surface area contributed by atoms with Crippen molar-refractivity contribution >= 4 is 11.6 Å². The number of anilines is 2. The molecule has 1 aliphatic carbocycles. The third-order valence-electron chi connectivity index (χ3n) is 11.0. The first kappa shape index (κ1) is 50.6. The highest BCUT2D eigenvalue weighted by Gasteiger charge is 2.32. The van der Waals surface area contributed by atoms with Gasteiger partial charge >= 0.3 is 0 Å². The van der Waals surface area contributed by atoms with Gasteiger partial charge in [-0.15, -0.1) is 5.10 Å². The molecular weight excluding hydrogens is 853 g/mol. The van der Waals surface area contributed by atoms with Crippen LogP contribution in [0.1, 0.15) is 58.1 Å². The van der Waals surface area contributed by atoms with Crippen molar-refractivity contribution in [2.45, 2.75) is 83.4 Å². The summed E-state index contributed by atoms with van der Waals surface area (Å²) >= 11 is 0. The van der Waals surface area contributed by atoms with E-state index in [1.54, 1.807) is 36.6 Å². The van der Waals surface area contributed by atoms with Gasteiger partial charge in [-0.1, -0.05) is 6.07 Å². The molecule has 4 heterocycles. The molecule has 3 atom stereocenters. The lowest BCUT2D eigenvalue weighted by molar-refractivity contribution is -0.0852. The van der Waals surface area contributed by atoms with Crippen LogP contribution in [0, 0.1) is 11.3 Å². The summed E-state index contributed by atoms with van der Waals surface area (Å²) in [6.07, 6.45) is 13.0. The first-order valence-electron chi connectivity index (χ1n) is 23.1. The summed E-state index contributed by atoms with van der Waals surface area (Å²) in [4.78, 5) is 15.9. The Morgan fingerprint density at radius 1 is 0.773 bits per heavy atom. The molecule has 3 aromatic heterocycles. The highest BCUT2D eigenvalue weighted by molar-refractivity contribution is 5.67. The number of hydrogen-bond acceptors (Lipinski definition) is 18. The summed E-state index contributed by atoms with van der Waals surface area (Å²) in [5.41, 5.74) is 2.67. The molecule has 0 unspecified atom stereocenters. The number of aromatic nitrogens is 7. The van der Waals surface area contributed by atoms with E-state index in [0.29, 0.717) is 134 Å². The van der Waals surface area contributed by atoms with Crippen LogP contribution < -0.4 is 14.8 Å². The van der Waals surface area contributed by atoms with Gasteiger partial charge in [0, 0.05) is 44.2 Å². The molecule has 1 saturated carbocycles. The highest BCUT2D eigenvalue weighted by atomic mass is 16.6. The Labute approximate surface area is 388 Å². The maximum Gasteiger partial charge on any atom is 0.257 e. The van der Waals surface area contributed by atoms with Gasteiger partial charge in [0.05, 0.1) is 122 Å². The molecule has 2 fully saturated rings. The number of nitriles is 1. The van der Waals surface area contributed by atoms with Gasteiger partial charge in [0.1, 0.15) is 42.9 Å². The molecular formula is C46H68N10O10. The fourth-order valence-electron chi connectivity index (χ4n) is 7.90. The standard InChI is InChI=1S/C46H68N10O10/c1-35-29-54(30-36(2)65-35)41-7-9-42(10-8-41)56-32-43(45(53-56)64-24-23-63-22-21-62-20-19-61-18-17-60-16-15-59-14-13-58-12-11-57-4)52-46-49-27-40(28-50-46)38-5-6-39(26-47)44(25-38)66-37(3)31-55-34-48-33-51-55/h5-6,25,27-28,32-37,41-42H,7-24,29-31H2,1-4H3,(H,49,50,52)/t35-,36+,37-,41?,42?/m0/s1. The molecule has 6 rings (SSSR count). The summed E-state index contributed by atoms with van der Waals surface area (Å²) in [5, 5.41) is 22.2. The molecule has 1 saturated heterocycles. The number of rotatable bonds is 31. The highest BCUT2D eigenvalue weighted by Crippen LogP contribution is 2.35. The number of methoxy groups -OCH3 is 1. The van der Waals surface area contributed by atoms with Gasteiger partial charge < -0.3 is 52.7 Å².